The van der Waals surface area contributed by atoms with Crippen molar-refractivity contribution in [2.45, 2.75) is 6.18 Å². The third kappa shape index (κ3) is 2.75. The average Bonchev–Trinajstić information content (AvgIpc) is 2.47. The van der Waals surface area contributed by atoms with Gasteiger partial charge in [0.25, 0.3) is 0 Å². The van der Waals surface area contributed by atoms with Crippen LogP contribution in [0.5, 0.6) is 0 Å². The largest absolute Gasteiger partial charge is 0.417 e. The minimum Gasteiger partial charge on any atom is -0.206 e. The molecule has 0 aliphatic rings. The Kier molecular flexibility index (Phi) is 3.83. The van der Waals surface area contributed by atoms with Crippen molar-refractivity contribution < 1.29 is 22.0 Å². The third-order valence-corrected chi connectivity index (χ3v) is 2.92. The van der Waals surface area contributed by atoms with E-state index in [1.165, 1.54) is 6.07 Å². The van der Waals surface area contributed by atoms with Gasteiger partial charge in [0.05, 0.1) is 22.8 Å². The molecule has 0 bridgehead atoms. The van der Waals surface area contributed by atoms with Crippen molar-refractivity contribution in [3.8, 4) is 23.3 Å². The molecule has 0 radical (unpaired) electrons. The normalized spacial score (nSPS) is 10.9. The van der Waals surface area contributed by atoms with Crippen LogP contribution in [0.4, 0.5) is 22.0 Å². The summed E-state index contributed by atoms with van der Waals surface area (Å²) in [6, 6.07) is 6.54. The number of benzene rings is 2. The molecule has 7 heteroatoms. The van der Waals surface area contributed by atoms with Gasteiger partial charge in [0.15, 0.2) is 0 Å². The Morgan fingerprint density at radius 1 is 0.818 bits per heavy atom. The molecule has 0 spiro atoms. The lowest BCUT2D eigenvalue weighted by atomic mass is 9.96. The fraction of sp³-hybridized carbons (Fsp3) is 0.0667. The number of rotatable bonds is 1. The maximum absolute atomic E-state index is 13.9. The Hall–Kier alpha value is -2.93. The highest BCUT2D eigenvalue weighted by molar-refractivity contribution is 5.70. The topological polar surface area (TPSA) is 47.6 Å². The number of halogens is 5. The van der Waals surface area contributed by atoms with E-state index in [1.54, 1.807) is 6.07 Å². The number of hydrogen-bond donors (Lipinski definition) is 0. The van der Waals surface area contributed by atoms with Crippen LogP contribution in [0.3, 0.4) is 0 Å². The molecule has 0 aliphatic heterocycles. The van der Waals surface area contributed by atoms with E-state index in [2.05, 4.69) is 0 Å². The van der Waals surface area contributed by atoms with Crippen LogP contribution in [-0.2, 0) is 6.18 Å². The highest BCUT2D eigenvalue weighted by Crippen LogP contribution is 2.39. The van der Waals surface area contributed by atoms with Crippen LogP contribution in [0, 0.1) is 34.3 Å². The maximum atomic E-state index is 13.9. The summed E-state index contributed by atoms with van der Waals surface area (Å²) in [6.07, 6.45) is -4.85. The van der Waals surface area contributed by atoms with Crippen molar-refractivity contribution in [1.82, 2.24) is 0 Å². The van der Waals surface area contributed by atoms with E-state index in [-0.39, 0.29) is 5.56 Å². The fourth-order valence-corrected chi connectivity index (χ4v) is 1.92. The summed E-state index contributed by atoms with van der Waals surface area (Å²) in [5.74, 6) is -2.29. The quantitative estimate of drug-likeness (QED) is 0.733. The van der Waals surface area contributed by atoms with E-state index in [0.29, 0.717) is 18.2 Å². The lowest BCUT2D eigenvalue weighted by Gasteiger charge is -2.14. The van der Waals surface area contributed by atoms with Crippen LogP contribution in [0.15, 0.2) is 30.3 Å². The minimum absolute atomic E-state index is 0.259. The molecule has 0 amide bonds. The Bertz CT molecular complexity index is 826. The minimum atomic E-state index is -4.85. The van der Waals surface area contributed by atoms with Crippen molar-refractivity contribution in [3.63, 3.8) is 0 Å². The monoisotopic (exact) mass is 308 g/mol. The molecular weight excluding hydrogens is 303 g/mol. The van der Waals surface area contributed by atoms with E-state index in [4.69, 9.17) is 10.5 Å². The molecule has 0 atom stereocenters. The molecule has 0 saturated carbocycles. The number of nitrogens with zero attached hydrogens (tertiary/aromatic N) is 2. The van der Waals surface area contributed by atoms with E-state index in [9.17, 15) is 22.0 Å². The van der Waals surface area contributed by atoms with Crippen molar-refractivity contribution >= 4 is 0 Å². The summed E-state index contributed by atoms with van der Waals surface area (Å²) >= 11 is 0. The summed E-state index contributed by atoms with van der Waals surface area (Å²) in [6.45, 7) is 0. The van der Waals surface area contributed by atoms with Crippen molar-refractivity contribution in [2.75, 3.05) is 0 Å². The van der Waals surface area contributed by atoms with Gasteiger partial charge in [-0.2, -0.15) is 23.7 Å². The van der Waals surface area contributed by atoms with Gasteiger partial charge >= 0.3 is 6.18 Å². The van der Waals surface area contributed by atoms with Gasteiger partial charge in [0.1, 0.15) is 17.7 Å². The summed E-state index contributed by atoms with van der Waals surface area (Å²) < 4.78 is 66.6. The van der Waals surface area contributed by atoms with Crippen LogP contribution >= 0.6 is 0 Å². The van der Waals surface area contributed by atoms with Crippen LogP contribution < -0.4 is 0 Å². The summed E-state index contributed by atoms with van der Waals surface area (Å²) in [7, 11) is 0. The van der Waals surface area contributed by atoms with Gasteiger partial charge in [-0.05, 0) is 29.8 Å². The third-order valence-electron chi connectivity index (χ3n) is 2.92. The summed E-state index contributed by atoms with van der Waals surface area (Å²) in [5.41, 5.74) is -3.36. The van der Waals surface area contributed by atoms with Crippen molar-refractivity contribution in [2.24, 2.45) is 0 Å². The highest BCUT2D eigenvalue weighted by atomic mass is 19.4. The zero-order chi connectivity index (χ0) is 16.5. The van der Waals surface area contributed by atoms with Crippen LogP contribution in [0.2, 0.25) is 0 Å². The highest BCUT2D eigenvalue weighted by Gasteiger charge is 2.34. The van der Waals surface area contributed by atoms with Gasteiger partial charge in [-0.1, -0.05) is 6.07 Å². The number of alkyl halides is 3. The predicted octanol–water partition coefficient (Wildman–Crippen LogP) is 4.39. The molecule has 0 saturated heterocycles. The first-order chi connectivity index (χ1) is 10.3. The SMILES string of the molecule is N#Cc1ccc(-c2cc(F)c(C#N)cc2F)c(C(F)(F)F)c1. The van der Waals surface area contributed by atoms with Gasteiger partial charge in [-0.15, -0.1) is 0 Å². The van der Waals surface area contributed by atoms with Gasteiger partial charge < -0.3 is 0 Å². The standard InChI is InChI=1S/C15H5F5N2/c16-13-5-11(14(17)4-9(13)7-22)10-2-1-8(6-21)3-12(10)15(18,19)20/h1-5H. The molecule has 2 nitrogen and oxygen atoms in total. The van der Waals surface area contributed by atoms with Crippen LogP contribution in [0.25, 0.3) is 11.1 Å². The number of hydrogen-bond acceptors (Lipinski definition) is 2. The molecule has 22 heavy (non-hydrogen) atoms. The second-order valence-electron chi connectivity index (χ2n) is 4.29. The van der Waals surface area contributed by atoms with Crippen molar-refractivity contribution in [1.29, 1.82) is 10.5 Å². The molecule has 2 rings (SSSR count). The summed E-state index contributed by atoms with van der Waals surface area (Å²) in [4.78, 5) is 0. The van der Waals surface area contributed by atoms with Gasteiger partial charge in [0.2, 0.25) is 0 Å². The lowest BCUT2D eigenvalue weighted by molar-refractivity contribution is -0.137. The Morgan fingerprint density at radius 3 is 2.05 bits per heavy atom. The molecule has 0 aromatic heterocycles. The Balaban J connectivity index is 2.77. The second-order valence-corrected chi connectivity index (χ2v) is 4.29. The maximum Gasteiger partial charge on any atom is 0.417 e. The lowest BCUT2D eigenvalue weighted by Crippen LogP contribution is -2.08. The first-order valence-corrected chi connectivity index (χ1v) is 5.78. The van der Waals surface area contributed by atoms with E-state index >= 15 is 0 Å². The second kappa shape index (κ2) is 5.45. The molecule has 0 N–H and O–H groups in total. The summed E-state index contributed by atoms with van der Waals surface area (Å²) in [5, 5.41) is 17.3. The zero-order valence-electron chi connectivity index (χ0n) is 10.7. The molecule has 0 fully saturated rings. The van der Waals surface area contributed by atoms with E-state index in [1.807, 2.05) is 0 Å². The molecule has 0 aliphatic carbocycles. The van der Waals surface area contributed by atoms with Gasteiger partial charge in [-0.3, -0.25) is 0 Å². The van der Waals surface area contributed by atoms with Gasteiger partial charge in [0, 0.05) is 5.56 Å². The first kappa shape index (κ1) is 15.5. The molecule has 2 aromatic carbocycles. The van der Waals surface area contributed by atoms with E-state index < -0.39 is 40.1 Å². The predicted molar refractivity (Wildman–Crippen MR) is 66.2 cm³/mol. The fourth-order valence-electron chi connectivity index (χ4n) is 1.92. The van der Waals surface area contributed by atoms with Crippen LogP contribution in [0.1, 0.15) is 16.7 Å². The molecule has 0 heterocycles. The first-order valence-electron chi connectivity index (χ1n) is 5.78. The molecule has 110 valence electrons. The molecular formula is C15H5F5N2. The Morgan fingerprint density at radius 2 is 1.50 bits per heavy atom. The van der Waals surface area contributed by atoms with Crippen molar-refractivity contribution in [3.05, 3.63) is 58.7 Å². The Labute approximate surface area is 121 Å². The van der Waals surface area contributed by atoms with E-state index in [0.717, 1.165) is 12.1 Å². The number of nitriles is 2. The average molecular weight is 308 g/mol. The van der Waals surface area contributed by atoms with Gasteiger partial charge in [-0.25, -0.2) is 8.78 Å². The van der Waals surface area contributed by atoms with Crippen LogP contribution in [-0.4, -0.2) is 0 Å². The smallest absolute Gasteiger partial charge is 0.206 e. The molecule has 0 unspecified atom stereocenters. The molecule has 2 aromatic rings. The zero-order valence-corrected chi connectivity index (χ0v) is 10.7.